The largest absolute Gasteiger partial charge is 0.501 e. The van der Waals surface area contributed by atoms with Crippen LogP contribution in [0.4, 0.5) is 0 Å². The van der Waals surface area contributed by atoms with Crippen LogP contribution in [0, 0.1) is 46.4 Å². The monoisotopic (exact) mass is 884 g/mol. The van der Waals surface area contributed by atoms with Crippen molar-refractivity contribution in [2.75, 3.05) is 0 Å². The zero-order chi connectivity index (χ0) is 49.1. The van der Waals surface area contributed by atoms with Crippen molar-refractivity contribution in [3.05, 3.63) is 167 Å². The Bertz CT molecular complexity index is 3010. The zero-order valence-electron chi connectivity index (χ0n) is 44.2. The number of hydrogen-bond donors (Lipinski definition) is 0. The van der Waals surface area contributed by atoms with Crippen LogP contribution < -0.4 is 0 Å². The smallest absolute Gasteiger partial charge is 0.120 e. The first-order valence-electron chi connectivity index (χ1n) is 24.1. The molecule has 8 rings (SSSR count). The van der Waals surface area contributed by atoms with Crippen molar-refractivity contribution in [1.29, 1.82) is 0 Å². The molecule has 0 saturated carbocycles. The van der Waals surface area contributed by atoms with Gasteiger partial charge >= 0.3 is 0 Å². The summed E-state index contributed by atoms with van der Waals surface area (Å²) in [5, 5.41) is 1.70. The molecule has 5 aromatic carbocycles. The molecule has 0 aliphatic rings. The fourth-order valence-corrected chi connectivity index (χ4v) is 6.04. The Labute approximate surface area is 348 Å². The molecule has 0 fully saturated rings. The molecule has 1 radical (unpaired) electrons. The summed E-state index contributed by atoms with van der Waals surface area (Å²) < 4.78 is 126. The zero-order valence-corrected chi connectivity index (χ0v) is 31.6. The maximum Gasteiger partial charge on any atom is 0.120 e. The molecule has 0 amide bonds. The topological polar surface area (TPSA) is 38.9 Å². The average Bonchev–Trinajstić information content (AvgIpc) is 3.63. The summed E-state index contributed by atoms with van der Waals surface area (Å²) in [5.74, 6) is 0. The first-order valence-corrected chi connectivity index (χ1v) is 16.6. The Morgan fingerprint density at radius 2 is 1.34 bits per heavy atom. The van der Waals surface area contributed by atoms with Crippen molar-refractivity contribution in [2.24, 2.45) is 0 Å². The number of furan rings is 1. The average molecular weight is 884 g/mol. The van der Waals surface area contributed by atoms with Gasteiger partial charge in [-0.05, 0) is 100 Å². The standard InChI is InChI=1S/C36H32NO.C13H12N.Ir/c1-22-19-31(23(2)18-30(22)25-14-16-26(17-15-25)36(4,5)6)32-20-33(37-21-24(32)3)29-12-9-11-28-27-10-7-8-13-34(27)38-35(28)29;1-10-3-6-12(7-4-10)13-8-5-11(2)9-14-13;/h7-11,13-21H,1-6H3;3-6,8-9H,1-2H3;/q2*-1;/i1D3,2D3,3D3;1D3,2D3;. The van der Waals surface area contributed by atoms with E-state index in [0.717, 1.165) is 16.3 Å². The van der Waals surface area contributed by atoms with Gasteiger partial charge in [-0.1, -0.05) is 111 Å². The maximum absolute atomic E-state index is 8.49. The molecule has 267 valence electrons. The van der Waals surface area contributed by atoms with Gasteiger partial charge in [-0.3, -0.25) is 0 Å². The van der Waals surface area contributed by atoms with E-state index in [0.29, 0.717) is 39.2 Å². The molecule has 8 aromatic rings. The van der Waals surface area contributed by atoms with Crippen molar-refractivity contribution in [3.8, 4) is 44.8 Å². The SMILES string of the molecule is [2H]C([2H])([2H])c1c[c-]c(-c2ccc(C([2H])([2H])[2H])cn2)cc1.[2H]C([2H])([2H])c1cc(-c2cc(-c3[c-]ccc4c3oc3ccccc34)ncc2C([2H])([2H])[2H])c(C([2H])([2H])[2H])cc1-c1ccc(C(C)(C)C)cc1.[Ir]. The number of nitrogens with zero attached hydrogens (tertiary/aromatic N) is 2. The molecule has 53 heavy (non-hydrogen) atoms. The van der Waals surface area contributed by atoms with E-state index in [2.05, 4.69) is 42.9 Å². The van der Waals surface area contributed by atoms with Crippen molar-refractivity contribution in [1.82, 2.24) is 9.97 Å². The number of rotatable bonds is 4. The number of aromatic nitrogens is 2. The van der Waals surface area contributed by atoms with E-state index in [-0.39, 0.29) is 70.0 Å². The van der Waals surface area contributed by atoms with E-state index >= 15 is 0 Å². The molecular formula is C49H44IrN2O-2. The van der Waals surface area contributed by atoms with E-state index in [1.807, 2.05) is 42.5 Å². The number of hydrogen-bond acceptors (Lipinski definition) is 3. The fourth-order valence-electron chi connectivity index (χ4n) is 6.04. The third-order valence-corrected chi connectivity index (χ3v) is 8.86. The summed E-state index contributed by atoms with van der Waals surface area (Å²) in [6.45, 7) is -6.20. The quantitative estimate of drug-likeness (QED) is 0.165. The predicted molar refractivity (Wildman–Crippen MR) is 218 cm³/mol. The minimum atomic E-state index is -2.72. The van der Waals surface area contributed by atoms with Crippen molar-refractivity contribution >= 4 is 21.9 Å². The van der Waals surface area contributed by atoms with Crippen molar-refractivity contribution in [2.45, 2.75) is 60.4 Å². The van der Waals surface area contributed by atoms with Crippen LogP contribution in [0.2, 0.25) is 0 Å². The molecule has 0 aliphatic carbocycles. The summed E-state index contributed by atoms with van der Waals surface area (Å²) in [6.07, 6.45) is 2.50. The summed E-state index contributed by atoms with van der Waals surface area (Å²) in [7, 11) is 0. The normalized spacial score (nSPS) is 16.6. The molecule has 3 nitrogen and oxygen atoms in total. The summed E-state index contributed by atoms with van der Waals surface area (Å²) >= 11 is 0. The first-order chi connectivity index (χ1) is 31.0. The van der Waals surface area contributed by atoms with Crippen LogP contribution in [-0.4, -0.2) is 9.97 Å². The Morgan fingerprint density at radius 3 is 2.04 bits per heavy atom. The molecule has 0 atom stereocenters. The van der Waals surface area contributed by atoms with Crippen molar-refractivity contribution in [3.63, 3.8) is 0 Å². The van der Waals surface area contributed by atoms with E-state index in [9.17, 15) is 0 Å². The van der Waals surface area contributed by atoms with Gasteiger partial charge in [-0.2, -0.15) is 0 Å². The van der Waals surface area contributed by atoms with Gasteiger partial charge in [0.05, 0.1) is 5.58 Å². The Morgan fingerprint density at radius 1 is 0.623 bits per heavy atom. The van der Waals surface area contributed by atoms with E-state index < -0.39 is 34.3 Å². The summed E-state index contributed by atoms with van der Waals surface area (Å²) in [4.78, 5) is 8.55. The minimum absolute atomic E-state index is 0. The van der Waals surface area contributed by atoms with E-state index in [4.69, 9.17) is 25.0 Å². The van der Waals surface area contributed by atoms with E-state index in [1.54, 1.807) is 30.3 Å². The second kappa shape index (κ2) is 15.4. The Hall–Kier alpha value is -5.15. The molecule has 0 bridgehead atoms. The van der Waals surface area contributed by atoms with Gasteiger partial charge < -0.3 is 14.4 Å². The second-order valence-corrected chi connectivity index (χ2v) is 13.5. The number of para-hydroxylation sites is 1. The van der Waals surface area contributed by atoms with Gasteiger partial charge in [0.1, 0.15) is 5.58 Å². The molecule has 0 unspecified atom stereocenters. The van der Waals surface area contributed by atoms with Crippen LogP contribution in [0.5, 0.6) is 0 Å². The number of aryl methyl sites for hydroxylation is 5. The number of benzene rings is 5. The minimum Gasteiger partial charge on any atom is -0.501 e. The molecule has 4 heteroatoms. The first kappa shape index (κ1) is 22.8. The van der Waals surface area contributed by atoms with Gasteiger partial charge in [0.15, 0.2) is 0 Å². The van der Waals surface area contributed by atoms with Crippen LogP contribution in [-0.2, 0) is 25.5 Å². The van der Waals surface area contributed by atoms with Crippen LogP contribution in [0.3, 0.4) is 0 Å². The molecule has 0 spiro atoms. The third-order valence-electron chi connectivity index (χ3n) is 8.86. The molecule has 0 saturated heterocycles. The number of pyridine rings is 2. The molecule has 0 aliphatic heterocycles. The summed E-state index contributed by atoms with van der Waals surface area (Å²) in [6, 6.07) is 36.3. The molecule has 0 N–H and O–H groups in total. The summed E-state index contributed by atoms with van der Waals surface area (Å²) in [5.41, 5.74) is 4.67. The van der Waals surface area contributed by atoms with Gasteiger partial charge in [0.25, 0.3) is 0 Å². The van der Waals surface area contributed by atoms with Gasteiger partial charge in [0, 0.05) is 58.4 Å². The van der Waals surface area contributed by atoms with E-state index in [1.165, 1.54) is 48.8 Å². The van der Waals surface area contributed by atoms with Crippen LogP contribution in [0.1, 0.15) is 74.7 Å². The maximum atomic E-state index is 8.49. The third kappa shape index (κ3) is 7.95. The predicted octanol–water partition coefficient (Wildman–Crippen LogP) is 13.2. The number of fused-ring (bicyclic) bond motifs is 3. The van der Waals surface area contributed by atoms with Gasteiger partial charge in [-0.15, -0.1) is 53.6 Å². The molecule has 3 heterocycles. The van der Waals surface area contributed by atoms with Crippen LogP contribution >= 0.6 is 0 Å². The van der Waals surface area contributed by atoms with Gasteiger partial charge in [0.2, 0.25) is 0 Å². The second-order valence-electron chi connectivity index (χ2n) is 13.5. The molecule has 3 aromatic heterocycles. The fraction of sp³-hybridized carbons (Fsp3) is 0.184. The van der Waals surface area contributed by atoms with Gasteiger partial charge in [-0.25, -0.2) is 0 Å². The van der Waals surface area contributed by atoms with Crippen LogP contribution in [0.15, 0.2) is 126 Å². The molecular weight excluding hydrogens is 825 g/mol. The Kier molecular flexibility index (Phi) is 6.65. The van der Waals surface area contributed by atoms with Crippen molar-refractivity contribution < 1.29 is 45.1 Å². The Balaban J connectivity index is 0.000000304. The van der Waals surface area contributed by atoms with Crippen LogP contribution in [0.25, 0.3) is 66.7 Å².